The lowest BCUT2D eigenvalue weighted by molar-refractivity contribution is -0.148. The number of rotatable bonds is 7. The molecule has 1 aromatic rings. The average Bonchev–Trinajstić information content (AvgIpc) is 2.31. The number of hydrogen-bond acceptors (Lipinski definition) is 4. The molecule has 0 amide bonds. The second-order valence-electron chi connectivity index (χ2n) is 4.22. The van der Waals surface area contributed by atoms with Crippen LogP contribution in [0, 0.1) is 13.8 Å². The number of hydrogen-bond donors (Lipinski definition) is 1. The molecule has 0 radical (unpaired) electrons. The molecule has 0 saturated carbocycles. The first-order valence-electron chi connectivity index (χ1n) is 6.28. The van der Waals surface area contributed by atoms with Crippen LogP contribution in [0.4, 0.5) is 5.69 Å². The van der Waals surface area contributed by atoms with Gasteiger partial charge in [0.05, 0.1) is 18.9 Å². The van der Waals surface area contributed by atoms with Gasteiger partial charge >= 0.3 is 5.97 Å². The van der Waals surface area contributed by atoms with Crippen molar-refractivity contribution in [2.24, 2.45) is 0 Å². The van der Waals surface area contributed by atoms with Crippen molar-refractivity contribution in [3.8, 4) is 0 Å². The first-order chi connectivity index (χ1) is 9.04. The third kappa shape index (κ3) is 5.61. The summed E-state index contributed by atoms with van der Waals surface area (Å²) in [7, 11) is 0. The van der Waals surface area contributed by atoms with Crippen molar-refractivity contribution in [3.05, 3.63) is 27.7 Å². The Bertz CT molecular complexity index is 412. The van der Waals surface area contributed by atoms with E-state index in [4.69, 9.17) is 9.47 Å². The SMILES string of the molecule is CCOC(=O)COCCNc1c(C)cc(C)cc1Br. The summed E-state index contributed by atoms with van der Waals surface area (Å²) in [6.45, 7) is 7.38. The van der Waals surface area contributed by atoms with Crippen LogP contribution < -0.4 is 5.32 Å². The van der Waals surface area contributed by atoms with Crippen molar-refractivity contribution in [3.63, 3.8) is 0 Å². The Morgan fingerprint density at radius 3 is 2.74 bits per heavy atom. The third-order valence-corrected chi connectivity index (χ3v) is 3.13. The molecule has 1 aromatic carbocycles. The highest BCUT2D eigenvalue weighted by Gasteiger charge is 2.05. The maximum atomic E-state index is 11.0. The van der Waals surface area contributed by atoms with Crippen molar-refractivity contribution >= 4 is 27.6 Å². The van der Waals surface area contributed by atoms with Gasteiger partial charge in [-0.25, -0.2) is 4.79 Å². The van der Waals surface area contributed by atoms with Gasteiger partial charge in [0.2, 0.25) is 0 Å². The quantitative estimate of drug-likeness (QED) is 0.617. The van der Waals surface area contributed by atoms with E-state index in [-0.39, 0.29) is 12.6 Å². The highest BCUT2D eigenvalue weighted by Crippen LogP contribution is 2.27. The largest absolute Gasteiger partial charge is 0.464 e. The van der Waals surface area contributed by atoms with Crippen LogP contribution in [0.15, 0.2) is 16.6 Å². The predicted octanol–water partition coefficient (Wildman–Crippen LogP) is 3.06. The molecule has 0 aliphatic carbocycles. The maximum Gasteiger partial charge on any atom is 0.332 e. The summed E-state index contributed by atoms with van der Waals surface area (Å²) < 4.78 is 11.0. The average molecular weight is 330 g/mol. The van der Waals surface area contributed by atoms with Crippen LogP contribution in [0.25, 0.3) is 0 Å². The van der Waals surface area contributed by atoms with E-state index in [1.807, 2.05) is 0 Å². The molecule has 0 bridgehead atoms. The van der Waals surface area contributed by atoms with E-state index in [1.54, 1.807) is 6.92 Å². The van der Waals surface area contributed by atoms with Crippen molar-refractivity contribution in [1.82, 2.24) is 0 Å². The van der Waals surface area contributed by atoms with E-state index in [1.165, 1.54) is 11.1 Å². The van der Waals surface area contributed by atoms with Gasteiger partial charge < -0.3 is 14.8 Å². The Balaban J connectivity index is 2.32. The molecular weight excluding hydrogens is 310 g/mol. The van der Waals surface area contributed by atoms with E-state index >= 15 is 0 Å². The van der Waals surface area contributed by atoms with Gasteiger partial charge in [-0.1, -0.05) is 6.07 Å². The standard InChI is InChI=1S/C14H20BrNO3/c1-4-19-13(17)9-18-6-5-16-14-11(3)7-10(2)8-12(14)15/h7-8,16H,4-6,9H2,1-3H3. The van der Waals surface area contributed by atoms with Gasteiger partial charge in [-0.3, -0.25) is 0 Å². The molecule has 4 nitrogen and oxygen atoms in total. The lowest BCUT2D eigenvalue weighted by atomic mass is 10.1. The smallest absolute Gasteiger partial charge is 0.332 e. The molecule has 106 valence electrons. The van der Waals surface area contributed by atoms with Crippen molar-refractivity contribution in [2.45, 2.75) is 20.8 Å². The molecule has 0 heterocycles. The summed E-state index contributed by atoms with van der Waals surface area (Å²) in [4.78, 5) is 11.0. The van der Waals surface area contributed by atoms with Crippen LogP contribution in [0.1, 0.15) is 18.1 Å². The van der Waals surface area contributed by atoms with Crippen LogP contribution in [0.3, 0.4) is 0 Å². The fourth-order valence-corrected chi connectivity index (χ4v) is 2.56. The first-order valence-corrected chi connectivity index (χ1v) is 7.08. The zero-order valence-electron chi connectivity index (χ0n) is 11.6. The van der Waals surface area contributed by atoms with Gasteiger partial charge in [-0.05, 0) is 53.9 Å². The number of benzene rings is 1. The van der Waals surface area contributed by atoms with Crippen molar-refractivity contribution in [1.29, 1.82) is 0 Å². The number of esters is 1. The first kappa shape index (κ1) is 16.0. The zero-order chi connectivity index (χ0) is 14.3. The van der Waals surface area contributed by atoms with E-state index in [2.05, 4.69) is 47.2 Å². The van der Waals surface area contributed by atoms with Gasteiger partial charge in [0.15, 0.2) is 0 Å². The Labute approximate surface area is 122 Å². The molecule has 5 heteroatoms. The number of carbonyl (C=O) groups is 1. The van der Waals surface area contributed by atoms with Crippen LogP contribution in [0.5, 0.6) is 0 Å². The van der Waals surface area contributed by atoms with Crippen LogP contribution in [-0.2, 0) is 14.3 Å². The third-order valence-electron chi connectivity index (χ3n) is 2.51. The molecule has 0 aliphatic heterocycles. The van der Waals surface area contributed by atoms with E-state index < -0.39 is 0 Å². The topological polar surface area (TPSA) is 47.6 Å². The minimum absolute atomic E-state index is 0.00354. The number of halogens is 1. The minimum atomic E-state index is -0.324. The summed E-state index contributed by atoms with van der Waals surface area (Å²) >= 11 is 3.53. The van der Waals surface area contributed by atoms with Gasteiger partial charge in [0.1, 0.15) is 6.61 Å². The van der Waals surface area contributed by atoms with Crippen LogP contribution >= 0.6 is 15.9 Å². The van der Waals surface area contributed by atoms with Crippen molar-refractivity contribution in [2.75, 3.05) is 31.7 Å². The molecule has 0 aromatic heterocycles. The maximum absolute atomic E-state index is 11.0. The fraction of sp³-hybridized carbons (Fsp3) is 0.500. The monoisotopic (exact) mass is 329 g/mol. The second-order valence-corrected chi connectivity index (χ2v) is 5.08. The van der Waals surface area contributed by atoms with Gasteiger partial charge in [-0.2, -0.15) is 0 Å². The molecule has 0 unspecified atom stereocenters. The number of anilines is 1. The Morgan fingerprint density at radius 1 is 1.37 bits per heavy atom. The molecule has 0 fully saturated rings. The molecule has 0 spiro atoms. The summed E-state index contributed by atoms with van der Waals surface area (Å²) in [6, 6.07) is 4.18. The minimum Gasteiger partial charge on any atom is -0.464 e. The number of ether oxygens (including phenoxy) is 2. The summed E-state index contributed by atoms with van der Waals surface area (Å²) in [5.74, 6) is -0.324. The predicted molar refractivity (Wildman–Crippen MR) is 79.6 cm³/mol. The fourth-order valence-electron chi connectivity index (χ4n) is 1.75. The van der Waals surface area contributed by atoms with Gasteiger partial charge in [-0.15, -0.1) is 0 Å². The molecular formula is C14H20BrNO3. The van der Waals surface area contributed by atoms with Gasteiger partial charge in [0.25, 0.3) is 0 Å². The molecule has 0 aliphatic rings. The van der Waals surface area contributed by atoms with Crippen molar-refractivity contribution < 1.29 is 14.3 Å². The molecule has 19 heavy (non-hydrogen) atoms. The molecule has 1 rings (SSSR count). The normalized spacial score (nSPS) is 10.3. The summed E-state index contributed by atoms with van der Waals surface area (Å²) in [5, 5.41) is 3.29. The lowest BCUT2D eigenvalue weighted by Gasteiger charge is -2.12. The van der Waals surface area contributed by atoms with Crippen LogP contribution in [-0.4, -0.2) is 32.3 Å². The Kier molecular flexibility index (Phi) is 6.87. The van der Waals surface area contributed by atoms with E-state index in [0.717, 1.165) is 10.2 Å². The molecule has 0 atom stereocenters. The Morgan fingerprint density at radius 2 is 2.11 bits per heavy atom. The Hall–Kier alpha value is -1.07. The van der Waals surface area contributed by atoms with Crippen LogP contribution in [0.2, 0.25) is 0 Å². The lowest BCUT2D eigenvalue weighted by Crippen LogP contribution is -2.17. The summed E-state index contributed by atoms with van der Waals surface area (Å²) in [5.41, 5.74) is 3.45. The number of aryl methyl sites for hydroxylation is 2. The highest BCUT2D eigenvalue weighted by atomic mass is 79.9. The van der Waals surface area contributed by atoms with E-state index in [0.29, 0.717) is 19.8 Å². The second kappa shape index (κ2) is 8.17. The van der Waals surface area contributed by atoms with Gasteiger partial charge in [0, 0.05) is 11.0 Å². The number of nitrogens with one attached hydrogen (secondary N) is 1. The number of carbonyl (C=O) groups excluding carboxylic acids is 1. The molecule has 1 N–H and O–H groups in total. The van der Waals surface area contributed by atoms with E-state index in [9.17, 15) is 4.79 Å². The molecule has 0 saturated heterocycles. The summed E-state index contributed by atoms with van der Waals surface area (Å²) in [6.07, 6.45) is 0. The zero-order valence-corrected chi connectivity index (χ0v) is 13.2. The highest BCUT2D eigenvalue weighted by molar-refractivity contribution is 9.10.